The van der Waals surface area contributed by atoms with E-state index in [1.807, 2.05) is 0 Å². The molecule has 0 atom stereocenters. The molecule has 0 bridgehead atoms. The van der Waals surface area contributed by atoms with E-state index in [-0.39, 0.29) is 11.4 Å². The van der Waals surface area contributed by atoms with Gasteiger partial charge < -0.3 is 5.32 Å². The van der Waals surface area contributed by atoms with Crippen LogP contribution in [0.5, 0.6) is 0 Å². The molecule has 0 unspecified atom stereocenters. The predicted octanol–water partition coefficient (Wildman–Crippen LogP) is 3.41. The van der Waals surface area contributed by atoms with Crippen LogP contribution < -0.4 is 5.32 Å². The van der Waals surface area contributed by atoms with E-state index in [0.29, 0.717) is 0 Å². The molecule has 1 N–H and O–H groups in total. The van der Waals surface area contributed by atoms with Gasteiger partial charge in [-0.3, -0.25) is 14.9 Å². The van der Waals surface area contributed by atoms with Gasteiger partial charge in [-0.15, -0.1) is 11.6 Å². The summed E-state index contributed by atoms with van der Waals surface area (Å²) in [7, 11) is 0. The molecule has 1 fully saturated rings. The second-order valence-corrected chi connectivity index (χ2v) is 5.65. The predicted molar refractivity (Wildman–Crippen MR) is 77.1 cm³/mol. The Hall–Kier alpha value is -1.69. The fourth-order valence-corrected chi connectivity index (χ4v) is 2.98. The lowest BCUT2D eigenvalue weighted by atomic mass is 9.83. The van der Waals surface area contributed by atoms with Crippen molar-refractivity contribution in [3.05, 3.63) is 39.7 Å². The minimum atomic E-state index is -0.807. The third-order valence-electron chi connectivity index (χ3n) is 3.80. The molecule has 1 aromatic carbocycles. The van der Waals surface area contributed by atoms with Gasteiger partial charge in [-0.1, -0.05) is 19.3 Å². The van der Waals surface area contributed by atoms with Crippen LogP contribution in [-0.2, 0) is 0 Å². The van der Waals surface area contributed by atoms with E-state index in [4.69, 9.17) is 11.6 Å². The van der Waals surface area contributed by atoms with Gasteiger partial charge in [0.1, 0.15) is 5.82 Å². The average Bonchev–Trinajstić information content (AvgIpc) is 2.47. The fraction of sp³-hybridized carbons (Fsp3) is 0.500. The van der Waals surface area contributed by atoms with Crippen molar-refractivity contribution in [3.8, 4) is 0 Å². The van der Waals surface area contributed by atoms with E-state index in [1.165, 1.54) is 0 Å². The molecular formula is C14H16ClFN2O3. The largest absolute Gasteiger partial charge is 0.345 e. The number of rotatable bonds is 4. The molecule has 2 rings (SSSR count). The van der Waals surface area contributed by atoms with Crippen LogP contribution in [0.25, 0.3) is 0 Å². The summed E-state index contributed by atoms with van der Waals surface area (Å²) < 4.78 is 13.4. The second-order valence-electron chi connectivity index (χ2n) is 5.38. The first kappa shape index (κ1) is 15.7. The minimum absolute atomic E-state index is 0.0586. The van der Waals surface area contributed by atoms with Crippen molar-refractivity contribution in [2.24, 2.45) is 0 Å². The SMILES string of the molecule is O=C(NC1(CCl)CCCCC1)c1cc(F)cc([N+](=O)[O-])c1. The highest BCUT2D eigenvalue weighted by Crippen LogP contribution is 2.30. The number of nitrogens with one attached hydrogen (secondary N) is 1. The van der Waals surface area contributed by atoms with Crippen LogP contribution in [-0.4, -0.2) is 22.2 Å². The van der Waals surface area contributed by atoms with Crippen molar-refractivity contribution in [2.45, 2.75) is 37.6 Å². The van der Waals surface area contributed by atoms with Crippen LogP contribution >= 0.6 is 11.6 Å². The third-order valence-corrected chi connectivity index (χ3v) is 4.31. The number of amides is 1. The van der Waals surface area contributed by atoms with Gasteiger partial charge in [0.2, 0.25) is 0 Å². The maximum atomic E-state index is 13.4. The Morgan fingerprint density at radius 3 is 2.57 bits per heavy atom. The first-order valence-corrected chi connectivity index (χ1v) is 7.33. The minimum Gasteiger partial charge on any atom is -0.345 e. The first-order valence-electron chi connectivity index (χ1n) is 6.79. The Kier molecular flexibility index (Phi) is 4.77. The van der Waals surface area contributed by atoms with Crippen LogP contribution in [0.3, 0.4) is 0 Å². The lowest BCUT2D eigenvalue weighted by molar-refractivity contribution is -0.385. The summed E-state index contributed by atoms with van der Waals surface area (Å²) in [4.78, 5) is 22.2. The molecule has 1 aliphatic carbocycles. The van der Waals surface area contributed by atoms with E-state index in [0.717, 1.165) is 50.3 Å². The molecule has 1 saturated carbocycles. The van der Waals surface area contributed by atoms with E-state index in [9.17, 15) is 19.3 Å². The Labute approximate surface area is 126 Å². The zero-order chi connectivity index (χ0) is 15.5. The molecule has 0 radical (unpaired) electrons. The van der Waals surface area contributed by atoms with E-state index in [1.54, 1.807) is 0 Å². The maximum absolute atomic E-state index is 13.4. The molecule has 1 amide bonds. The number of alkyl halides is 1. The normalized spacial score (nSPS) is 17.2. The number of benzene rings is 1. The number of hydrogen-bond donors (Lipinski definition) is 1. The summed E-state index contributed by atoms with van der Waals surface area (Å²) in [6.45, 7) is 0. The number of hydrogen-bond acceptors (Lipinski definition) is 3. The molecule has 7 heteroatoms. The standard InChI is InChI=1S/C14H16ClFN2O3/c15-9-14(4-2-1-3-5-14)17-13(19)10-6-11(16)8-12(7-10)18(20)21/h6-8H,1-5,9H2,(H,17,19). The quantitative estimate of drug-likeness (QED) is 0.526. The van der Waals surface area contributed by atoms with Gasteiger partial charge in [-0.25, -0.2) is 4.39 Å². The molecule has 21 heavy (non-hydrogen) atoms. The molecular weight excluding hydrogens is 299 g/mol. The van der Waals surface area contributed by atoms with Gasteiger partial charge in [0.15, 0.2) is 0 Å². The van der Waals surface area contributed by atoms with Gasteiger partial charge in [0, 0.05) is 17.5 Å². The van der Waals surface area contributed by atoms with E-state index < -0.39 is 27.9 Å². The number of nitrogens with zero attached hydrogens (tertiary/aromatic N) is 1. The number of non-ortho nitro benzene ring substituents is 1. The average molecular weight is 315 g/mol. The van der Waals surface area contributed by atoms with E-state index in [2.05, 4.69) is 5.32 Å². The van der Waals surface area contributed by atoms with Gasteiger partial charge in [-0.2, -0.15) is 0 Å². The second kappa shape index (κ2) is 6.39. The van der Waals surface area contributed by atoms with Crippen molar-refractivity contribution in [3.63, 3.8) is 0 Å². The van der Waals surface area contributed by atoms with Crippen LogP contribution in [0.4, 0.5) is 10.1 Å². The number of carbonyl (C=O) groups excluding carboxylic acids is 1. The monoisotopic (exact) mass is 314 g/mol. The molecule has 0 saturated heterocycles. The molecule has 1 aliphatic rings. The molecule has 114 valence electrons. The van der Waals surface area contributed by atoms with E-state index >= 15 is 0 Å². The smallest absolute Gasteiger partial charge is 0.273 e. The highest BCUT2D eigenvalue weighted by molar-refractivity contribution is 6.19. The first-order chi connectivity index (χ1) is 9.96. The van der Waals surface area contributed by atoms with Crippen molar-refractivity contribution < 1.29 is 14.1 Å². The number of carbonyl (C=O) groups is 1. The topological polar surface area (TPSA) is 72.2 Å². The summed E-state index contributed by atoms with van der Waals surface area (Å²) in [5.41, 5.74) is -1.00. The maximum Gasteiger partial charge on any atom is 0.273 e. The van der Waals surface area contributed by atoms with Crippen LogP contribution in [0.1, 0.15) is 42.5 Å². The molecule has 5 nitrogen and oxygen atoms in total. The van der Waals surface area contributed by atoms with Gasteiger partial charge in [-0.05, 0) is 18.9 Å². The van der Waals surface area contributed by atoms with Crippen molar-refractivity contribution in [1.82, 2.24) is 5.32 Å². The Morgan fingerprint density at radius 2 is 2.00 bits per heavy atom. The highest BCUT2D eigenvalue weighted by Gasteiger charge is 2.33. The Bertz CT molecular complexity index is 559. The van der Waals surface area contributed by atoms with Gasteiger partial charge >= 0.3 is 0 Å². The lowest BCUT2D eigenvalue weighted by Gasteiger charge is -2.36. The number of nitro benzene ring substituents is 1. The van der Waals surface area contributed by atoms with Crippen molar-refractivity contribution >= 4 is 23.2 Å². The van der Waals surface area contributed by atoms with Crippen LogP contribution in [0.2, 0.25) is 0 Å². The summed E-state index contributed by atoms with van der Waals surface area (Å²) in [5, 5.41) is 13.6. The van der Waals surface area contributed by atoms with Gasteiger partial charge in [0.25, 0.3) is 11.6 Å². The Balaban J connectivity index is 2.21. The summed E-state index contributed by atoms with van der Waals surface area (Å²) in [6.07, 6.45) is 4.56. The molecule has 0 aromatic heterocycles. The lowest BCUT2D eigenvalue weighted by Crippen LogP contribution is -2.51. The summed E-state index contributed by atoms with van der Waals surface area (Å²) >= 11 is 5.98. The third kappa shape index (κ3) is 3.69. The highest BCUT2D eigenvalue weighted by atomic mass is 35.5. The van der Waals surface area contributed by atoms with Crippen LogP contribution in [0.15, 0.2) is 18.2 Å². The van der Waals surface area contributed by atoms with Crippen molar-refractivity contribution in [2.75, 3.05) is 5.88 Å². The van der Waals surface area contributed by atoms with Crippen LogP contribution in [0, 0.1) is 15.9 Å². The molecule has 0 spiro atoms. The summed E-state index contributed by atoms with van der Waals surface area (Å²) in [5.74, 6) is -1.06. The number of halogens is 2. The molecule has 1 aromatic rings. The Morgan fingerprint density at radius 1 is 1.33 bits per heavy atom. The zero-order valence-electron chi connectivity index (χ0n) is 11.4. The van der Waals surface area contributed by atoms with Gasteiger partial charge in [0.05, 0.1) is 16.5 Å². The van der Waals surface area contributed by atoms with Crippen molar-refractivity contribution in [1.29, 1.82) is 0 Å². The molecule has 0 heterocycles. The number of nitro groups is 1. The zero-order valence-corrected chi connectivity index (χ0v) is 12.2. The fourth-order valence-electron chi connectivity index (χ4n) is 2.64. The summed E-state index contributed by atoms with van der Waals surface area (Å²) in [6, 6.07) is 2.85. The molecule has 0 aliphatic heterocycles.